The number of carbonyl (C=O) groups is 3. The summed E-state index contributed by atoms with van der Waals surface area (Å²) in [7, 11) is 0. The number of fused-ring (bicyclic) bond motifs is 5. The lowest BCUT2D eigenvalue weighted by Crippen LogP contribution is -2.62. The van der Waals surface area contributed by atoms with Crippen LogP contribution in [-0.2, 0) is 19.1 Å². The van der Waals surface area contributed by atoms with Crippen molar-refractivity contribution in [3.05, 3.63) is 0 Å². The summed E-state index contributed by atoms with van der Waals surface area (Å²) in [5.41, 5.74) is -2.52. The smallest absolute Gasteiger partial charge is 0.303 e. The predicted molar refractivity (Wildman–Crippen MR) is 105 cm³/mol. The summed E-state index contributed by atoms with van der Waals surface area (Å²) >= 11 is 0. The van der Waals surface area contributed by atoms with Crippen LogP contribution >= 0.6 is 0 Å². The first-order valence-corrected chi connectivity index (χ1v) is 11.1. The third-order valence-electron chi connectivity index (χ3n) is 9.35. The highest BCUT2D eigenvalue weighted by Crippen LogP contribution is 2.67. The Kier molecular flexibility index (Phi) is 4.97. The first-order chi connectivity index (χ1) is 13.5. The molecule has 0 spiro atoms. The maximum absolute atomic E-state index is 13.5. The fourth-order valence-corrected chi connectivity index (χ4v) is 7.80. The van der Waals surface area contributed by atoms with Gasteiger partial charge in [-0.15, -0.1) is 0 Å². The van der Waals surface area contributed by atoms with Gasteiger partial charge < -0.3 is 14.9 Å². The number of hydrogen-bond donors (Lipinski definition) is 2. The minimum Gasteiger partial charge on any atom is -0.458 e. The zero-order valence-corrected chi connectivity index (χ0v) is 17.8. The van der Waals surface area contributed by atoms with Crippen LogP contribution in [0.1, 0.15) is 72.1 Å². The Bertz CT molecular complexity index is 733. The number of esters is 1. The first-order valence-electron chi connectivity index (χ1n) is 11.1. The Morgan fingerprint density at radius 1 is 1.14 bits per heavy atom. The summed E-state index contributed by atoms with van der Waals surface area (Å²) in [4.78, 5) is 37.5. The van der Waals surface area contributed by atoms with Crippen LogP contribution < -0.4 is 0 Å². The van der Waals surface area contributed by atoms with E-state index in [1.807, 2.05) is 6.92 Å². The van der Waals surface area contributed by atoms with Gasteiger partial charge in [0.05, 0.1) is 6.10 Å². The van der Waals surface area contributed by atoms with E-state index < -0.39 is 29.4 Å². The number of ether oxygens (including phenoxy) is 1. The Balaban J connectivity index is 1.63. The third-order valence-corrected chi connectivity index (χ3v) is 9.35. The Morgan fingerprint density at radius 3 is 2.55 bits per heavy atom. The summed E-state index contributed by atoms with van der Waals surface area (Å²) in [5, 5.41) is 21.6. The van der Waals surface area contributed by atoms with Crippen molar-refractivity contribution in [2.75, 3.05) is 6.61 Å². The standard InChI is InChI=1S/C23H34O6/c1-13(24)29-12-19(27)23(28)9-7-17-16-5-4-14-10-15(25)6-8-21(14,2)20(16)18(26)11-22(17,23)3/h14-17,20,25,28H,4-12H2,1-3H3/t14-,15+,16-,17+,20+,21-,22-,23-/m0/s1. The molecular formula is C23H34O6. The van der Waals surface area contributed by atoms with Crippen molar-refractivity contribution in [1.29, 1.82) is 0 Å². The summed E-state index contributed by atoms with van der Waals surface area (Å²) in [6.07, 6.45) is 5.28. The second kappa shape index (κ2) is 6.88. The van der Waals surface area contributed by atoms with E-state index in [4.69, 9.17) is 4.74 Å². The molecule has 4 aliphatic rings. The minimum atomic E-state index is -1.62. The van der Waals surface area contributed by atoms with Crippen LogP contribution in [0.3, 0.4) is 0 Å². The summed E-state index contributed by atoms with van der Waals surface area (Å²) in [6, 6.07) is 0. The van der Waals surface area contributed by atoms with Crippen molar-refractivity contribution in [1.82, 2.24) is 0 Å². The Labute approximate surface area is 172 Å². The fourth-order valence-electron chi connectivity index (χ4n) is 7.80. The van der Waals surface area contributed by atoms with Crippen LogP contribution in [0.25, 0.3) is 0 Å². The lowest BCUT2D eigenvalue weighted by atomic mass is 9.44. The van der Waals surface area contributed by atoms with E-state index in [0.717, 1.165) is 38.5 Å². The summed E-state index contributed by atoms with van der Waals surface area (Å²) in [5.74, 6) is -0.256. The van der Waals surface area contributed by atoms with Gasteiger partial charge in [0.15, 0.2) is 6.61 Å². The lowest BCUT2D eigenvalue weighted by Gasteiger charge is -2.60. The van der Waals surface area contributed by atoms with Crippen LogP contribution in [0, 0.1) is 34.5 Å². The molecule has 0 aliphatic heterocycles. The topological polar surface area (TPSA) is 101 Å². The van der Waals surface area contributed by atoms with E-state index in [9.17, 15) is 24.6 Å². The molecule has 0 aromatic heterocycles. The van der Waals surface area contributed by atoms with Crippen LogP contribution in [0.2, 0.25) is 0 Å². The van der Waals surface area contributed by atoms with Gasteiger partial charge in [-0.2, -0.15) is 0 Å². The van der Waals surface area contributed by atoms with Crippen molar-refractivity contribution < 1.29 is 29.3 Å². The highest BCUT2D eigenvalue weighted by Gasteiger charge is 2.69. The molecule has 6 heteroatoms. The maximum Gasteiger partial charge on any atom is 0.303 e. The number of Topliss-reactive ketones (excluding diaryl/α,β-unsaturated/α-hetero) is 2. The molecule has 0 heterocycles. The molecule has 0 aromatic carbocycles. The number of carbonyl (C=O) groups excluding carboxylic acids is 3. The Hall–Kier alpha value is -1.27. The number of ketones is 2. The molecule has 6 nitrogen and oxygen atoms in total. The van der Waals surface area contributed by atoms with Crippen molar-refractivity contribution >= 4 is 17.5 Å². The summed E-state index contributed by atoms with van der Waals surface area (Å²) in [6.45, 7) is 4.93. The zero-order valence-electron chi connectivity index (χ0n) is 17.8. The van der Waals surface area contributed by atoms with Gasteiger partial charge in [0, 0.05) is 24.7 Å². The molecule has 0 unspecified atom stereocenters. The van der Waals surface area contributed by atoms with Crippen molar-refractivity contribution in [3.8, 4) is 0 Å². The molecule has 0 bridgehead atoms. The monoisotopic (exact) mass is 406 g/mol. The van der Waals surface area contributed by atoms with Crippen LogP contribution in [0.15, 0.2) is 0 Å². The van der Waals surface area contributed by atoms with E-state index in [2.05, 4.69) is 6.92 Å². The van der Waals surface area contributed by atoms with Gasteiger partial charge in [0.1, 0.15) is 11.4 Å². The highest BCUT2D eigenvalue weighted by molar-refractivity contribution is 5.93. The van der Waals surface area contributed by atoms with E-state index in [-0.39, 0.29) is 41.5 Å². The normalized spacial score (nSPS) is 49.0. The largest absolute Gasteiger partial charge is 0.458 e. The van der Waals surface area contributed by atoms with Crippen molar-refractivity contribution in [3.63, 3.8) is 0 Å². The van der Waals surface area contributed by atoms with Gasteiger partial charge in [-0.25, -0.2) is 0 Å². The van der Waals surface area contributed by atoms with Crippen LogP contribution in [0.4, 0.5) is 0 Å². The Morgan fingerprint density at radius 2 is 1.86 bits per heavy atom. The SMILES string of the molecule is CC(=O)OCC(=O)[C@@]1(O)CC[C@@H]2[C@@H]3CC[C@H]4C[C@H](O)CC[C@]4(C)[C@H]3C(=O)C[C@@]21C. The van der Waals surface area contributed by atoms with Gasteiger partial charge in [-0.3, -0.25) is 14.4 Å². The minimum absolute atomic E-state index is 0.0438. The molecule has 0 saturated heterocycles. The molecule has 162 valence electrons. The number of aliphatic hydroxyl groups excluding tert-OH is 1. The number of hydrogen-bond acceptors (Lipinski definition) is 6. The molecular weight excluding hydrogens is 372 g/mol. The molecule has 0 amide bonds. The van der Waals surface area contributed by atoms with E-state index in [1.54, 1.807) is 0 Å². The first kappa shape index (κ1) is 21.0. The van der Waals surface area contributed by atoms with Crippen molar-refractivity contribution in [2.45, 2.75) is 83.8 Å². The average molecular weight is 407 g/mol. The molecule has 0 radical (unpaired) electrons. The quantitative estimate of drug-likeness (QED) is 0.698. The van der Waals surface area contributed by atoms with Crippen LogP contribution in [0.5, 0.6) is 0 Å². The van der Waals surface area contributed by atoms with E-state index >= 15 is 0 Å². The molecule has 4 rings (SSSR count). The zero-order chi connectivity index (χ0) is 21.2. The maximum atomic E-state index is 13.5. The fraction of sp³-hybridized carbons (Fsp3) is 0.870. The van der Waals surface area contributed by atoms with E-state index in [0.29, 0.717) is 12.3 Å². The van der Waals surface area contributed by atoms with Crippen LogP contribution in [-0.4, -0.2) is 46.1 Å². The van der Waals surface area contributed by atoms with E-state index in [1.165, 1.54) is 6.92 Å². The molecule has 29 heavy (non-hydrogen) atoms. The van der Waals surface area contributed by atoms with Gasteiger partial charge in [-0.05, 0) is 68.1 Å². The molecule has 0 aromatic rings. The number of rotatable bonds is 3. The average Bonchev–Trinajstić information content (AvgIpc) is 2.91. The second-order valence-electron chi connectivity index (χ2n) is 10.6. The second-order valence-corrected chi connectivity index (χ2v) is 10.6. The summed E-state index contributed by atoms with van der Waals surface area (Å²) < 4.78 is 4.88. The third kappa shape index (κ3) is 2.93. The molecule has 4 saturated carbocycles. The molecule has 4 fully saturated rings. The number of aliphatic hydroxyl groups is 2. The van der Waals surface area contributed by atoms with Gasteiger partial charge >= 0.3 is 5.97 Å². The van der Waals surface area contributed by atoms with Gasteiger partial charge in [-0.1, -0.05) is 13.8 Å². The van der Waals surface area contributed by atoms with Gasteiger partial charge in [0.2, 0.25) is 5.78 Å². The highest BCUT2D eigenvalue weighted by atomic mass is 16.5. The van der Waals surface area contributed by atoms with Crippen molar-refractivity contribution in [2.24, 2.45) is 34.5 Å². The van der Waals surface area contributed by atoms with Gasteiger partial charge in [0.25, 0.3) is 0 Å². The predicted octanol–water partition coefficient (Wildman–Crippen LogP) is 2.43. The molecule has 4 aliphatic carbocycles. The molecule has 2 N–H and O–H groups in total. The lowest BCUT2D eigenvalue weighted by molar-refractivity contribution is -0.181. The molecule has 8 atom stereocenters.